The van der Waals surface area contributed by atoms with E-state index in [4.69, 9.17) is 5.73 Å². The molecule has 0 radical (unpaired) electrons. The van der Waals surface area contributed by atoms with Crippen LogP contribution in [-0.2, 0) is 11.2 Å². The van der Waals surface area contributed by atoms with Gasteiger partial charge >= 0.3 is 0 Å². The van der Waals surface area contributed by atoms with Crippen molar-refractivity contribution in [3.63, 3.8) is 0 Å². The van der Waals surface area contributed by atoms with E-state index in [1.807, 2.05) is 30.5 Å². The van der Waals surface area contributed by atoms with Gasteiger partial charge in [-0.3, -0.25) is 4.79 Å². The number of nitrogens with two attached hydrogens (primary N) is 1. The van der Waals surface area contributed by atoms with Crippen LogP contribution in [0.5, 0.6) is 0 Å². The van der Waals surface area contributed by atoms with Crippen LogP contribution in [0.15, 0.2) is 54.7 Å². The van der Waals surface area contributed by atoms with Crippen LogP contribution in [0.2, 0.25) is 0 Å². The molecular weight excluding hydrogens is 281 g/mol. The molecule has 112 valence electrons. The number of aromatic nitrogens is 1. The zero-order valence-electron chi connectivity index (χ0n) is 11.8. The lowest BCUT2D eigenvalue weighted by molar-refractivity contribution is -0.117. The number of benzene rings is 2. The number of H-pyrrole nitrogens is 1. The molecule has 0 saturated carbocycles. The molecule has 4 N–H and O–H groups in total. The molecule has 1 aromatic heterocycles. The van der Waals surface area contributed by atoms with Crippen LogP contribution in [0.4, 0.5) is 10.1 Å². The Bertz CT molecular complexity index is 795. The Kier molecular flexibility index (Phi) is 3.89. The Morgan fingerprint density at radius 2 is 1.91 bits per heavy atom. The van der Waals surface area contributed by atoms with Gasteiger partial charge in [0.25, 0.3) is 0 Å². The molecule has 1 atom stereocenters. The molecule has 0 aliphatic heterocycles. The Morgan fingerprint density at radius 1 is 1.18 bits per heavy atom. The molecular formula is C17H16FN3O. The first kappa shape index (κ1) is 14.3. The van der Waals surface area contributed by atoms with E-state index in [1.165, 1.54) is 24.3 Å². The summed E-state index contributed by atoms with van der Waals surface area (Å²) in [6.45, 7) is 0. The average Bonchev–Trinajstić information content (AvgIpc) is 2.93. The van der Waals surface area contributed by atoms with Crippen molar-refractivity contribution in [1.29, 1.82) is 0 Å². The van der Waals surface area contributed by atoms with Crippen molar-refractivity contribution in [1.82, 2.24) is 4.98 Å². The van der Waals surface area contributed by atoms with Crippen LogP contribution < -0.4 is 11.1 Å². The fourth-order valence-corrected chi connectivity index (χ4v) is 2.40. The first-order valence-electron chi connectivity index (χ1n) is 7.00. The fourth-order valence-electron chi connectivity index (χ4n) is 2.40. The highest BCUT2D eigenvalue weighted by molar-refractivity contribution is 5.95. The maximum absolute atomic E-state index is 12.8. The van der Waals surface area contributed by atoms with Crippen LogP contribution >= 0.6 is 0 Å². The van der Waals surface area contributed by atoms with Crippen LogP contribution in [-0.4, -0.2) is 16.9 Å². The highest BCUT2D eigenvalue weighted by Crippen LogP contribution is 2.19. The van der Waals surface area contributed by atoms with Crippen LogP contribution in [0.1, 0.15) is 5.56 Å². The van der Waals surface area contributed by atoms with Gasteiger partial charge < -0.3 is 16.0 Å². The number of rotatable bonds is 4. The number of amides is 1. The third kappa shape index (κ3) is 2.99. The summed E-state index contributed by atoms with van der Waals surface area (Å²) in [6.07, 6.45) is 2.30. The van der Waals surface area contributed by atoms with Gasteiger partial charge in [0.2, 0.25) is 5.91 Å². The van der Waals surface area contributed by atoms with Crippen molar-refractivity contribution in [2.75, 3.05) is 5.32 Å². The summed E-state index contributed by atoms with van der Waals surface area (Å²) >= 11 is 0. The van der Waals surface area contributed by atoms with E-state index in [-0.39, 0.29) is 11.7 Å². The molecule has 3 rings (SSSR count). The molecule has 5 heteroatoms. The van der Waals surface area contributed by atoms with Gasteiger partial charge in [-0.2, -0.15) is 0 Å². The minimum Gasteiger partial charge on any atom is -0.361 e. The van der Waals surface area contributed by atoms with Crippen LogP contribution in [0, 0.1) is 5.82 Å². The first-order valence-corrected chi connectivity index (χ1v) is 7.00. The third-order valence-corrected chi connectivity index (χ3v) is 3.56. The van der Waals surface area contributed by atoms with Gasteiger partial charge in [0.1, 0.15) is 5.82 Å². The van der Waals surface area contributed by atoms with Crippen molar-refractivity contribution in [3.8, 4) is 0 Å². The lowest BCUT2D eigenvalue weighted by Gasteiger charge is -2.12. The number of aromatic amines is 1. The number of para-hydroxylation sites is 1. The minimum atomic E-state index is -0.677. The molecule has 0 spiro atoms. The lowest BCUT2D eigenvalue weighted by atomic mass is 10.0. The summed E-state index contributed by atoms with van der Waals surface area (Å²) < 4.78 is 12.8. The Morgan fingerprint density at radius 3 is 2.68 bits per heavy atom. The van der Waals surface area contributed by atoms with Crippen molar-refractivity contribution in [2.24, 2.45) is 5.73 Å². The van der Waals surface area contributed by atoms with E-state index in [2.05, 4.69) is 10.3 Å². The summed E-state index contributed by atoms with van der Waals surface area (Å²) in [6, 6.07) is 12.8. The predicted molar refractivity (Wildman–Crippen MR) is 85.0 cm³/mol. The van der Waals surface area contributed by atoms with Gasteiger partial charge in [0.15, 0.2) is 0 Å². The first-order chi connectivity index (χ1) is 10.6. The van der Waals surface area contributed by atoms with Crippen molar-refractivity contribution >= 4 is 22.5 Å². The van der Waals surface area contributed by atoms with Gasteiger partial charge in [0.05, 0.1) is 6.04 Å². The Balaban J connectivity index is 1.69. The number of halogens is 1. The number of carbonyl (C=O) groups excluding carboxylic acids is 1. The zero-order valence-corrected chi connectivity index (χ0v) is 11.8. The highest BCUT2D eigenvalue weighted by Gasteiger charge is 2.16. The Labute approximate surface area is 127 Å². The quantitative estimate of drug-likeness (QED) is 0.693. The molecule has 3 aromatic rings. The molecule has 4 nitrogen and oxygen atoms in total. The maximum Gasteiger partial charge on any atom is 0.241 e. The number of hydrogen-bond acceptors (Lipinski definition) is 2. The van der Waals surface area contributed by atoms with Crippen molar-refractivity contribution in [3.05, 3.63) is 66.1 Å². The molecule has 0 aliphatic carbocycles. The SMILES string of the molecule is N[C@@H](Cc1c[nH]c2ccccc12)C(=O)Nc1ccc(F)cc1. The monoisotopic (exact) mass is 297 g/mol. The summed E-state index contributed by atoms with van der Waals surface area (Å²) in [5, 5.41) is 3.75. The smallest absolute Gasteiger partial charge is 0.241 e. The third-order valence-electron chi connectivity index (χ3n) is 3.56. The van der Waals surface area contributed by atoms with E-state index < -0.39 is 6.04 Å². The number of hydrogen-bond donors (Lipinski definition) is 3. The molecule has 2 aromatic carbocycles. The highest BCUT2D eigenvalue weighted by atomic mass is 19.1. The topological polar surface area (TPSA) is 70.9 Å². The molecule has 0 bridgehead atoms. The number of anilines is 1. The van der Waals surface area contributed by atoms with Crippen molar-refractivity contribution < 1.29 is 9.18 Å². The number of fused-ring (bicyclic) bond motifs is 1. The van der Waals surface area contributed by atoms with E-state index >= 15 is 0 Å². The summed E-state index contributed by atoms with van der Waals surface area (Å²) in [5.74, 6) is -0.641. The molecule has 1 heterocycles. The van der Waals surface area contributed by atoms with Crippen LogP contribution in [0.3, 0.4) is 0 Å². The second-order valence-electron chi connectivity index (χ2n) is 5.17. The second-order valence-corrected chi connectivity index (χ2v) is 5.17. The van der Waals surface area contributed by atoms with E-state index in [0.717, 1.165) is 16.5 Å². The maximum atomic E-state index is 12.8. The summed E-state index contributed by atoms with van der Waals surface area (Å²) in [7, 11) is 0. The van der Waals surface area contributed by atoms with Gasteiger partial charge in [-0.1, -0.05) is 18.2 Å². The Hall–Kier alpha value is -2.66. The fraction of sp³-hybridized carbons (Fsp3) is 0.118. The predicted octanol–water partition coefficient (Wildman–Crippen LogP) is 2.82. The van der Waals surface area contributed by atoms with E-state index in [1.54, 1.807) is 0 Å². The van der Waals surface area contributed by atoms with Gasteiger partial charge in [-0.25, -0.2) is 4.39 Å². The van der Waals surface area contributed by atoms with Crippen molar-refractivity contribution in [2.45, 2.75) is 12.5 Å². The molecule has 1 amide bonds. The van der Waals surface area contributed by atoms with E-state index in [9.17, 15) is 9.18 Å². The summed E-state index contributed by atoms with van der Waals surface area (Å²) in [5.41, 5.74) is 8.52. The standard InChI is InChI=1S/C17H16FN3O/c18-12-5-7-13(8-6-12)21-17(22)15(19)9-11-10-20-16-4-2-1-3-14(11)16/h1-8,10,15,20H,9,19H2,(H,21,22)/t15-/m0/s1. The molecule has 0 saturated heterocycles. The average molecular weight is 297 g/mol. The van der Waals surface area contributed by atoms with Crippen LogP contribution in [0.25, 0.3) is 10.9 Å². The summed E-state index contributed by atoms with van der Waals surface area (Å²) in [4.78, 5) is 15.3. The molecule has 22 heavy (non-hydrogen) atoms. The normalized spacial score (nSPS) is 12.3. The zero-order chi connectivity index (χ0) is 15.5. The van der Waals surface area contributed by atoms with E-state index in [0.29, 0.717) is 12.1 Å². The van der Waals surface area contributed by atoms with Gasteiger partial charge in [-0.15, -0.1) is 0 Å². The molecule has 0 unspecified atom stereocenters. The van der Waals surface area contributed by atoms with Gasteiger partial charge in [-0.05, 0) is 42.3 Å². The van der Waals surface area contributed by atoms with Gasteiger partial charge in [0, 0.05) is 22.8 Å². The number of carbonyl (C=O) groups is 1. The second kappa shape index (κ2) is 5.99. The lowest BCUT2D eigenvalue weighted by Crippen LogP contribution is -2.37. The number of nitrogens with one attached hydrogen (secondary N) is 2. The molecule has 0 fully saturated rings. The molecule has 0 aliphatic rings. The minimum absolute atomic E-state index is 0.295. The largest absolute Gasteiger partial charge is 0.361 e.